The fourth-order valence-corrected chi connectivity index (χ4v) is 1.70. The Bertz CT molecular complexity index is 730. The Morgan fingerprint density at radius 3 is 2.45 bits per heavy atom. The maximum Gasteiger partial charge on any atom is 0.480 e. The fraction of sp³-hybridized carbons (Fsp3) is 0. The van der Waals surface area contributed by atoms with E-state index < -0.39 is 13.7 Å². The lowest BCUT2D eigenvalue weighted by atomic mass is 11.6. The molecule has 0 aliphatic rings. The van der Waals surface area contributed by atoms with Crippen LogP contribution in [0.5, 0.6) is 0 Å². The molecule has 0 heterocycles. The average molecular weight is 312 g/mol. The lowest BCUT2D eigenvalue weighted by molar-refractivity contribution is -0.304. The highest BCUT2D eigenvalue weighted by atomic mass is 32.3. The molecule has 20 heavy (non-hydrogen) atoms. The van der Waals surface area contributed by atoms with E-state index in [2.05, 4.69) is 18.6 Å². The van der Waals surface area contributed by atoms with Crippen LogP contribution in [0.3, 0.4) is 0 Å². The van der Waals surface area contributed by atoms with Crippen LogP contribution in [0.15, 0.2) is 10.2 Å². The smallest absolute Gasteiger partial charge is 0.252 e. The summed E-state index contributed by atoms with van der Waals surface area (Å²) in [6.07, 6.45) is 1.84. The van der Waals surface area contributed by atoms with Gasteiger partial charge in [-0.2, -0.15) is 14.8 Å². The van der Waals surface area contributed by atoms with Crippen molar-refractivity contribution in [3.05, 3.63) is 20.9 Å². The number of thiocyanates is 2. The minimum absolute atomic E-state index is 0.116. The molecule has 0 fully saturated rings. The van der Waals surface area contributed by atoms with Crippen molar-refractivity contribution in [2.24, 2.45) is 10.2 Å². The summed E-state index contributed by atoms with van der Waals surface area (Å²) >= 11 is 0.116. The molecular weight excluding hydrogens is 312 g/mol. The molecule has 100 valence electrons. The van der Waals surface area contributed by atoms with Crippen molar-refractivity contribution in [2.75, 3.05) is 0 Å². The number of nitriles is 3. The summed E-state index contributed by atoms with van der Waals surface area (Å²) in [6.45, 7) is 6.75. The molecule has 0 saturated carbocycles. The minimum Gasteiger partial charge on any atom is -0.252 e. The molecule has 0 aromatic heterocycles. The Morgan fingerprint density at radius 1 is 1.45 bits per heavy atom. The molecule has 0 amide bonds. The van der Waals surface area contributed by atoms with Gasteiger partial charge in [0.2, 0.25) is 5.16 Å². The fourth-order valence-electron chi connectivity index (χ4n) is 0.561. The van der Waals surface area contributed by atoms with E-state index in [-0.39, 0.29) is 16.5 Å². The van der Waals surface area contributed by atoms with Crippen LogP contribution in [0.2, 0.25) is 0 Å². The SMILES string of the molecule is [C-]#[N+]S(=C=NN(N=C=O)SC#N)(C#N)(OC#N)[N+](=O)[O-]. The van der Waals surface area contributed by atoms with E-state index in [1.54, 1.807) is 0 Å². The Balaban J connectivity index is 6.54. The van der Waals surface area contributed by atoms with Crippen LogP contribution in [0, 0.1) is 49.5 Å². The second-order valence-corrected chi connectivity index (χ2v) is 5.70. The van der Waals surface area contributed by atoms with Crippen LogP contribution in [0.4, 0.5) is 0 Å². The molecule has 0 N–H and O–H groups in total. The van der Waals surface area contributed by atoms with Crippen LogP contribution < -0.4 is 0 Å². The molecule has 0 atom stereocenters. The van der Waals surface area contributed by atoms with Gasteiger partial charge in [0.15, 0.2) is 9.73 Å². The van der Waals surface area contributed by atoms with E-state index >= 15 is 0 Å². The molecule has 0 saturated heterocycles. The highest BCUT2D eigenvalue weighted by molar-refractivity contribution is 8.43. The number of isothiocyanates is 1. The number of nitro groups is 1. The predicted molar refractivity (Wildman–Crippen MR) is 64.1 cm³/mol. The molecule has 12 nitrogen and oxygen atoms in total. The summed E-state index contributed by atoms with van der Waals surface area (Å²) in [5.41, 5.74) is 0. The van der Waals surface area contributed by atoms with Crippen molar-refractivity contribution in [1.82, 2.24) is 4.52 Å². The molecule has 0 rings (SSSR count). The van der Waals surface area contributed by atoms with E-state index in [1.165, 1.54) is 10.6 Å². The number of nitrogens with zero attached hydrogens (tertiary/aromatic N) is 8. The zero-order valence-corrected chi connectivity index (χ0v) is 10.7. The largest absolute Gasteiger partial charge is 0.480 e. The third kappa shape index (κ3) is 2.89. The van der Waals surface area contributed by atoms with Gasteiger partial charge in [-0.25, -0.2) is 21.5 Å². The van der Waals surface area contributed by atoms with Crippen molar-refractivity contribution >= 4 is 32.6 Å². The average Bonchev–Trinajstić information content (AvgIpc) is 2.44. The molecule has 14 heteroatoms. The Kier molecular flexibility index (Phi) is 5.42. The normalized spacial score (nSPS) is 10.3. The van der Waals surface area contributed by atoms with Gasteiger partial charge in [0.05, 0.1) is 0 Å². The third-order valence-electron chi connectivity index (χ3n) is 1.35. The van der Waals surface area contributed by atoms with E-state index in [9.17, 15) is 14.9 Å². The standard InChI is InChI=1S/C6N8O4S2/c1-10-20(4-9,14(16)17,18-2-7)6-12-13(11-5-15)19-3-8. The Morgan fingerprint density at radius 2 is 2.10 bits per heavy atom. The predicted octanol–water partition coefficient (Wildman–Crippen LogP) is 0.749. The first kappa shape index (κ1) is 16.6. The number of rotatable bonds is 5. The molecule has 0 aromatic carbocycles. The van der Waals surface area contributed by atoms with E-state index in [0.717, 1.165) is 17.7 Å². The van der Waals surface area contributed by atoms with Crippen molar-refractivity contribution in [1.29, 1.82) is 15.8 Å². The van der Waals surface area contributed by atoms with Gasteiger partial charge >= 0.3 is 15.7 Å². The zero-order valence-electron chi connectivity index (χ0n) is 9.03. The molecule has 0 bridgehead atoms. The molecule has 0 radical (unpaired) electrons. The minimum atomic E-state index is -5.50. The van der Waals surface area contributed by atoms with E-state index in [4.69, 9.17) is 22.4 Å². The highest BCUT2D eigenvalue weighted by Gasteiger charge is 2.56. The van der Waals surface area contributed by atoms with E-state index in [0.29, 0.717) is 0 Å². The molecule has 0 aliphatic heterocycles. The summed E-state index contributed by atoms with van der Waals surface area (Å²) in [4.78, 5) is 21.0. The number of hydrogen-bond acceptors (Lipinski definition) is 11. The highest BCUT2D eigenvalue weighted by Crippen LogP contribution is 2.59. The van der Waals surface area contributed by atoms with Crippen molar-refractivity contribution in [2.45, 2.75) is 0 Å². The summed E-state index contributed by atoms with van der Waals surface area (Å²) < 4.78 is 5.22. The lowest BCUT2D eigenvalue weighted by Crippen LogP contribution is -2.15. The molecule has 0 spiro atoms. The first-order chi connectivity index (χ1) is 9.44. The molecule has 0 aromatic rings. The van der Waals surface area contributed by atoms with Gasteiger partial charge in [-0.3, -0.25) is 4.18 Å². The topological polar surface area (TPSA) is 173 Å². The van der Waals surface area contributed by atoms with Crippen molar-refractivity contribution < 1.29 is 13.3 Å². The number of hydrazone groups is 2. The summed E-state index contributed by atoms with van der Waals surface area (Å²) in [7, 11) is -5.50. The quantitative estimate of drug-likeness (QED) is 0.104. The van der Waals surface area contributed by atoms with Crippen LogP contribution in [0.25, 0.3) is 4.25 Å². The molecule has 0 unspecified atom stereocenters. The van der Waals surface area contributed by atoms with Gasteiger partial charge in [0, 0.05) is 0 Å². The van der Waals surface area contributed by atoms with Gasteiger partial charge in [0.1, 0.15) is 11.9 Å². The first-order valence-corrected chi connectivity index (χ1v) is 6.50. The van der Waals surface area contributed by atoms with Crippen molar-refractivity contribution in [3.8, 4) is 17.1 Å². The van der Waals surface area contributed by atoms with Crippen LogP contribution >= 0.6 is 21.4 Å². The van der Waals surface area contributed by atoms with Crippen molar-refractivity contribution in [3.63, 3.8) is 0 Å². The van der Waals surface area contributed by atoms with Crippen LogP contribution in [-0.2, 0) is 8.98 Å². The summed E-state index contributed by atoms with van der Waals surface area (Å²) in [6, 6.07) is 0. The maximum absolute atomic E-state index is 10.9. The lowest BCUT2D eigenvalue weighted by Gasteiger charge is -2.13. The number of isocyanates is 1. The summed E-state index contributed by atoms with van der Waals surface area (Å²) in [5, 5.41) is 46.2. The monoisotopic (exact) mass is 312 g/mol. The number of hydrogen-bond donors (Lipinski definition) is 0. The second-order valence-electron chi connectivity index (χ2n) is 2.26. The molecule has 0 aliphatic carbocycles. The maximum atomic E-state index is 10.9. The number of carbonyl (C=O) groups excluding carboxylic acids is 1. The summed E-state index contributed by atoms with van der Waals surface area (Å²) in [5.74, 6) is 0. The van der Waals surface area contributed by atoms with Gasteiger partial charge < -0.3 is 0 Å². The first-order valence-electron chi connectivity index (χ1n) is 3.84. The van der Waals surface area contributed by atoms with Gasteiger partial charge in [-0.15, -0.1) is 5.26 Å². The molecular formula is C6N8O4S2. The second kappa shape index (κ2) is 6.53. The van der Waals surface area contributed by atoms with Crippen LogP contribution in [-0.4, -0.2) is 20.1 Å². The van der Waals surface area contributed by atoms with E-state index in [1.807, 2.05) is 0 Å². The zero-order chi connectivity index (χ0) is 15.7. The van der Waals surface area contributed by atoms with Gasteiger partial charge in [0.25, 0.3) is 11.5 Å². The van der Waals surface area contributed by atoms with Gasteiger partial charge in [-0.05, 0) is 0 Å². The van der Waals surface area contributed by atoms with Crippen LogP contribution in [0.1, 0.15) is 0 Å². The van der Waals surface area contributed by atoms with Gasteiger partial charge in [-0.1, -0.05) is 14.7 Å². The third-order valence-corrected chi connectivity index (χ3v) is 3.78. The Labute approximate surface area is 115 Å². The Hall–Kier alpha value is -3.38.